The first-order valence-corrected chi connectivity index (χ1v) is 8.24. The molecule has 3 heteroatoms. The first-order chi connectivity index (χ1) is 9.70. The topological polar surface area (TPSA) is 28.7 Å². The number of aromatic amines is 1. The van der Waals surface area contributed by atoms with Gasteiger partial charge in [0.1, 0.15) is 5.82 Å². The molecule has 0 amide bonds. The van der Waals surface area contributed by atoms with Crippen molar-refractivity contribution in [2.24, 2.45) is 17.8 Å². The number of fused-ring (bicyclic) bond motifs is 1. The standard InChI is InChI=1S/C17H19ClN2/c18-13-1-2-14-15(6-13)20-16(19-14)17-7-10-3-11(8-17)5-12(4-10)9-17/h1-2,6,10-12H,3-5,7-9H2,(H,19,20). The van der Waals surface area contributed by atoms with Gasteiger partial charge < -0.3 is 4.98 Å². The van der Waals surface area contributed by atoms with Crippen LogP contribution in [0.5, 0.6) is 0 Å². The highest BCUT2D eigenvalue weighted by Gasteiger charge is 2.53. The van der Waals surface area contributed by atoms with Crippen LogP contribution in [-0.2, 0) is 5.41 Å². The molecule has 1 aromatic heterocycles. The molecule has 4 aliphatic carbocycles. The molecule has 4 bridgehead atoms. The highest BCUT2D eigenvalue weighted by Crippen LogP contribution is 2.60. The summed E-state index contributed by atoms with van der Waals surface area (Å²) in [5, 5.41) is 0.790. The highest BCUT2D eigenvalue weighted by molar-refractivity contribution is 6.31. The first-order valence-electron chi connectivity index (χ1n) is 7.86. The molecule has 0 saturated heterocycles. The van der Waals surface area contributed by atoms with E-state index in [0.717, 1.165) is 33.8 Å². The van der Waals surface area contributed by atoms with Gasteiger partial charge in [-0.2, -0.15) is 0 Å². The van der Waals surface area contributed by atoms with Crippen molar-refractivity contribution in [3.8, 4) is 0 Å². The van der Waals surface area contributed by atoms with E-state index in [1.807, 2.05) is 18.2 Å². The molecular formula is C17H19ClN2. The van der Waals surface area contributed by atoms with Crippen LogP contribution >= 0.6 is 11.6 Å². The monoisotopic (exact) mass is 286 g/mol. The van der Waals surface area contributed by atoms with Gasteiger partial charge in [0, 0.05) is 10.4 Å². The summed E-state index contributed by atoms with van der Waals surface area (Å²) in [5.41, 5.74) is 2.52. The minimum absolute atomic E-state index is 0.347. The SMILES string of the molecule is Clc1ccc2nc(C34CC5CC(CC(C5)C3)C4)[nH]c2c1. The zero-order valence-electron chi connectivity index (χ0n) is 11.5. The third-order valence-corrected chi connectivity index (χ3v) is 6.22. The Morgan fingerprint density at radius 2 is 1.70 bits per heavy atom. The number of aromatic nitrogens is 2. The lowest BCUT2D eigenvalue weighted by atomic mass is 9.49. The number of nitrogens with one attached hydrogen (secondary N) is 1. The zero-order valence-corrected chi connectivity index (χ0v) is 12.3. The second-order valence-electron chi connectivity index (χ2n) is 7.44. The number of halogens is 1. The van der Waals surface area contributed by atoms with E-state index in [1.54, 1.807) is 0 Å². The summed E-state index contributed by atoms with van der Waals surface area (Å²) < 4.78 is 0. The van der Waals surface area contributed by atoms with Crippen LogP contribution in [0.15, 0.2) is 18.2 Å². The van der Waals surface area contributed by atoms with Gasteiger partial charge in [-0.1, -0.05) is 11.6 Å². The normalized spacial score (nSPS) is 38.8. The summed E-state index contributed by atoms with van der Waals surface area (Å²) in [5.74, 6) is 4.11. The predicted molar refractivity (Wildman–Crippen MR) is 81.0 cm³/mol. The van der Waals surface area contributed by atoms with E-state index in [-0.39, 0.29) is 0 Å². The lowest BCUT2D eigenvalue weighted by molar-refractivity contribution is -0.00886. The fourth-order valence-corrected chi connectivity index (χ4v) is 5.81. The van der Waals surface area contributed by atoms with Crippen LogP contribution in [0.3, 0.4) is 0 Å². The van der Waals surface area contributed by atoms with Gasteiger partial charge in [0.25, 0.3) is 0 Å². The van der Waals surface area contributed by atoms with Gasteiger partial charge in [-0.3, -0.25) is 0 Å². The predicted octanol–water partition coefficient (Wildman–Crippen LogP) is 4.68. The molecule has 20 heavy (non-hydrogen) atoms. The van der Waals surface area contributed by atoms with E-state index in [0.29, 0.717) is 5.41 Å². The third-order valence-electron chi connectivity index (χ3n) is 5.98. The van der Waals surface area contributed by atoms with Crippen molar-refractivity contribution in [2.75, 3.05) is 0 Å². The molecular weight excluding hydrogens is 268 g/mol. The van der Waals surface area contributed by atoms with E-state index in [1.165, 1.54) is 44.3 Å². The summed E-state index contributed by atoms with van der Waals surface area (Å²) >= 11 is 6.10. The van der Waals surface area contributed by atoms with Gasteiger partial charge in [0.15, 0.2) is 0 Å². The number of H-pyrrole nitrogens is 1. The van der Waals surface area contributed by atoms with Crippen molar-refractivity contribution >= 4 is 22.6 Å². The van der Waals surface area contributed by atoms with Crippen molar-refractivity contribution in [1.29, 1.82) is 0 Å². The molecule has 4 saturated carbocycles. The highest BCUT2D eigenvalue weighted by atomic mass is 35.5. The van der Waals surface area contributed by atoms with E-state index in [2.05, 4.69) is 4.98 Å². The van der Waals surface area contributed by atoms with Crippen molar-refractivity contribution in [3.05, 3.63) is 29.0 Å². The quantitative estimate of drug-likeness (QED) is 0.810. The van der Waals surface area contributed by atoms with E-state index < -0.39 is 0 Å². The number of rotatable bonds is 1. The molecule has 4 fully saturated rings. The largest absolute Gasteiger partial charge is 0.341 e. The Hall–Kier alpha value is -1.02. The molecule has 0 atom stereocenters. The second kappa shape index (κ2) is 3.79. The van der Waals surface area contributed by atoms with Gasteiger partial charge >= 0.3 is 0 Å². The van der Waals surface area contributed by atoms with Crippen LogP contribution in [0.25, 0.3) is 11.0 Å². The Labute approximate surface area is 123 Å². The third kappa shape index (κ3) is 1.54. The van der Waals surface area contributed by atoms with Crippen LogP contribution in [0.1, 0.15) is 44.3 Å². The molecule has 104 valence electrons. The molecule has 0 aliphatic heterocycles. The Balaban J connectivity index is 1.63. The molecule has 2 aromatic rings. The second-order valence-corrected chi connectivity index (χ2v) is 7.88. The number of hydrogen-bond donors (Lipinski definition) is 1. The lowest BCUT2D eigenvalue weighted by Gasteiger charge is -2.55. The van der Waals surface area contributed by atoms with Crippen LogP contribution < -0.4 is 0 Å². The van der Waals surface area contributed by atoms with Crippen molar-refractivity contribution in [3.63, 3.8) is 0 Å². The summed E-state index contributed by atoms with van der Waals surface area (Å²) in [4.78, 5) is 8.53. The summed E-state index contributed by atoms with van der Waals surface area (Å²) in [6.07, 6.45) is 8.49. The van der Waals surface area contributed by atoms with Crippen LogP contribution in [0, 0.1) is 17.8 Å². The average Bonchev–Trinajstić information content (AvgIpc) is 2.80. The Kier molecular flexibility index (Phi) is 2.20. The maximum absolute atomic E-state index is 6.10. The van der Waals surface area contributed by atoms with Gasteiger partial charge in [0.05, 0.1) is 11.0 Å². The Morgan fingerprint density at radius 1 is 1.05 bits per heavy atom. The smallest absolute Gasteiger partial charge is 0.113 e. The molecule has 0 radical (unpaired) electrons. The van der Waals surface area contributed by atoms with E-state index in [4.69, 9.17) is 16.6 Å². The van der Waals surface area contributed by atoms with Crippen LogP contribution in [0.4, 0.5) is 0 Å². The summed E-state index contributed by atoms with van der Waals surface area (Å²) in [6, 6.07) is 5.99. The Bertz CT molecular complexity index is 652. The van der Waals surface area contributed by atoms with Gasteiger partial charge in [-0.25, -0.2) is 4.98 Å². The molecule has 1 N–H and O–H groups in total. The maximum Gasteiger partial charge on any atom is 0.113 e. The van der Waals surface area contributed by atoms with Crippen molar-refractivity contribution in [2.45, 2.75) is 43.9 Å². The van der Waals surface area contributed by atoms with E-state index in [9.17, 15) is 0 Å². The first kappa shape index (κ1) is 11.6. The minimum Gasteiger partial charge on any atom is -0.341 e. The average molecular weight is 287 g/mol. The van der Waals surface area contributed by atoms with Crippen LogP contribution in [-0.4, -0.2) is 9.97 Å². The fourth-order valence-electron chi connectivity index (χ4n) is 5.63. The minimum atomic E-state index is 0.347. The molecule has 1 heterocycles. The van der Waals surface area contributed by atoms with Crippen molar-refractivity contribution < 1.29 is 0 Å². The maximum atomic E-state index is 6.10. The molecule has 0 unspecified atom stereocenters. The lowest BCUT2D eigenvalue weighted by Crippen LogP contribution is -2.49. The summed E-state index contributed by atoms with van der Waals surface area (Å²) in [7, 11) is 0. The molecule has 1 aromatic carbocycles. The van der Waals surface area contributed by atoms with E-state index >= 15 is 0 Å². The molecule has 6 rings (SSSR count). The van der Waals surface area contributed by atoms with Crippen LogP contribution in [0.2, 0.25) is 5.02 Å². The number of benzene rings is 1. The molecule has 2 nitrogen and oxygen atoms in total. The van der Waals surface area contributed by atoms with Gasteiger partial charge in [0.2, 0.25) is 0 Å². The fraction of sp³-hybridized carbons (Fsp3) is 0.588. The van der Waals surface area contributed by atoms with Gasteiger partial charge in [-0.05, 0) is 74.5 Å². The zero-order chi connectivity index (χ0) is 13.3. The Morgan fingerprint density at radius 3 is 2.35 bits per heavy atom. The number of nitrogens with zero attached hydrogens (tertiary/aromatic N) is 1. The van der Waals surface area contributed by atoms with Crippen molar-refractivity contribution in [1.82, 2.24) is 9.97 Å². The molecule has 0 spiro atoms. The van der Waals surface area contributed by atoms with Gasteiger partial charge in [-0.15, -0.1) is 0 Å². The number of hydrogen-bond acceptors (Lipinski definition) is 1. The number of imidazole rings is 1. The summed E-state index contributed by atoms with van der Waals surface area (Å²) in [6.45, 7) is 0. The molecule has 4 aliphatic rings.